The van der Waals surface area contributed by atoms with Gasteiger partial charge in [-0.25, -0.2) is 0 Å². The minimum atomic E-state index is 0. The molecule has 17 heavy (non-hydrogen) atoms. The number of nitrogens with zero attached hydrogens (tertiary/aromatic N) is 1. The number of hydrogen-bond donors (Lipinski definition) is 1. The normalized spacial score (nSPS) is 20.3. The maximum absolute atomic E-state index is 6.19. The van der Waals surface area contributed by atoms with Crippen LogP contribution in [-0.4, -0.2) is 24.0 Å². The second kappa shape index (κ2) is 6.95. The molecular weight excluding hydrogens is 323 g/mol. The molecule has 0 radical (unpaired) electrons. The van der Waals surface area contributed by atoms with Gasteiger partial charge >= 0.3 is 0 Å². The number of nitrogens with two attached hydrogens (primary N) is 1. The number of likely N-dealkylation sites (tertiary alicyclic amines) is 1. The molecule has 1 fully saturated rings. The first kappa shape index (κ1) is 15.3. The van der Waals surface area contributed by atoms with Crippen molar-refractivity contribution in [2.45, 2.75) is 25.4 Å². The zero-order valence-electron chi connectivity index (χ0n) is 9.53. The average molecular weight is 340 g/mol. The lowest BCUT2D eigenvalue weighted by atomic mass is 10.2. The molecule has 1 aliphatic rings. The summed E-state index contributed by atoms with van der Waals surface area (Å²) in [4.78, 5) is 2.42. The van der Waals surface area contributed by atoms with Crippen LogP contribution in [-0.2, 0) is 6.54 Å². The first-order valence-corrected chi connectivity index (χ1v) is 6.76. The van der Waals surface area contributed by atoms with E-state index in [1.165, 1.54) is 18.4 Å². The molecule has 1 aliphatic heterocycles. The first-order chi connectivity index (χ1) is 7.70. The van der Waals surface area contributed by atoms with Crippen LogP contribution in [0.15, 0.2) is 22.7 Å². The molecule has 1 aromatic carbocycles. The van der Waals surface area contributed by atoms with Gasteiger partial charge in [-0.05, 0) is 43.1 Å². The van der Waals surface area contributed by atoms with E-state index in [1.54, 1.807) is 0 Å². The van der Waals surface area contributed by atoms with Gasteiger partial charge in [-0.15, -0.1) is 12.4 Å². The summed E-state index contributed by atoms with van der Waals surface area (Å²) in [6.45, 7) is 2.77. The lowest BCUT2D eigenvalue weighted by molar-refractivity contribution is 0.250. The standard InChI is InChI=1S/C12H16BrClN2.ClH/c13-10-3-4-12(14)9(6-10)8-16-5-1-2-11(16)7-15;/h3-4,6,11H,1-2,5,7-8,15H2;1H. The zero-order valence-corrected chi connectivity index (χ0v) is 12.7. The molecule has 0 amide bonds. The fourth-order valence-corrected chi connectivity index (χ4v) is 2.84. The molecule has 0 saturated carbocycles. The second-order valence-electron chi connectivity index (χ2n) is 4.24. The summed E-state index contributed by atoms with van der Waals surface area (Å²) in [5.41, 5.74) is 6.94. The van der Waals surface area contributed by atoms with Crippen LogP contribution in [0.3, 0.4) is 0 Å². The average Bonchev–Trinajstić information content (AvgIpc) is 2.71. The number of hydrogen-bond acceptors (Lipinski definition) is 2. The molecule has 5 heteroatoms. The Morgan fingerprint density at radius 1 is 1.47 bits per heavy atom. The monoisotopic (exact) mass is 338 g/mol. The molecule has 1 saturated heterocycles. The molecule has 1 aromatic rings. The number of benzene rings is 1. The van der Waals surface area contributed by atoms with Crippen molar-refractivity contribution < 1.29 is 0 Å². The van der Waals surface area contributed by atoms with Gasteiger partial charge in [-0.2, -0.15) is 0 Å². The Bertz CT molecular complexity index is 374. The fraction of sp³-hybridized carbons (Fsp3) is 0.500. The van der Waals surface area contributed by atoms with Gasteiger partial charge in [0.15, 0.2) is 0 Å². The van der Waals surface area contributed by atoms with Crippen LogP contribution < -0.4 is 5.73 Å². The van der Waals surface area contributed by atoms with Crippen LogP contribution in [0.4, 0.5) is 0 Å². The van der Waals surface area contributed by atoms with Crippen LogP contribution in [0, 0.1) is 0 Å². The Morgan fingerprint density at radius 2 is 2.24 bits per heavy atom. The van der Waals surface area contributed by atoms with Crippen molar-refractivity contribution in [1.82, 2.24) is 4.90 Å². The summed E-state index contributed by atoms with van der Waals surface area (Å²) >= 11 is 9.66. The predicted molar refractivity (Wildman–Crippen MR) is 78.9 cm³/mol. The van der Waals surface area contributed by atoms with Crippen molar-refractivity contribution in [2.24, 2.45) is 5.73 Å². The lowest BCUT2D eigenvalue weighted by Crippen LogP contribution is -2.34. The SMILES string of the molecule is Cl.NCC1CCCN1Cc1cc(Br)ccc1Cl. The van der Waals surface area contributed by atoms with Crippen LogP contribution in [0.25, 0.3) is 0 Å². The van der Waals surface area contributed by atoms with Gasteiger partial charge in [0.25, 0.3) is 0 Å². The van der Waals surface area contributed by atoms with Gasteiger partial charge in [0.1, 0.15) is 0 Å². The molecule has 96 valence electrons. The largest absolute Gasteiger partial charge is 0.329 e. The highest BCUT2D eigenvalue weighted by Crippen LogP contribution is 2.25. The number of rotatable bonds is 3. The van der Waals surface area contributed by atoms with Crippen molar-refractivity contribution in [3.8, 4) is 0 Å². The fourth-order valence-electron chi connectivity index (χ4n) is 2.25. The highest BCUT2D eigenvalue weighted by Gasteiger charge is 2.23. The van der Waals surface area contributed by atoms with Crippen LogP contribution in [0.2, 0.25) is 5.02 Å². The molecule has 0 spiro atoms. The molecule has 1 unspecified atom stereocenters. The minimum Gasteiger partial charge on any atom is -0.329 e. The summed E-state index contributed by atoms with van der Waals surface area (Å²) in [5, 5.41) is 0.839. The molecule has 1 heterocycles. The smallest absolute Gasteiger partial charge is 0.0451 e. The third kappa shape index (κ3) is 3.83. The van der Waals surface area contributed by atoms with Crippen LogP contribution >= 0.6 is 39.9 Å². The van der Waals surface area contributed by atoms with Crippen molar-refractivity contribution in [2.75, 3.05) is 13.1 Å². The number of halogens is 3. The van der Waals surface area contributed by atoms with Crippen molar-refractivity contribution in [3.05, 3.63) is 33.3 Å². The van der Waals surface area contributed by atoms with Crippen molar-refractivity contribution in [3.63, 3.8) is 0 Å². The van der Waals surface area contributed by atoms with Gasteiger partial charge in [-0.3, -0.25) is 4.90 Å². The van der Waals surface area contributed by atoms with E-state index in [0.717, 1.165) is 29.1 Å². The predicted octanol–water partition coefficient (Wildman–Crippen LogP) is 3.45. The first-order valence-electron chi connectivity index (χ1n) is 5.58. The van der Waals surface area contributed by atoms with Crippen molar-refractivity contribution >= 4 is 39.9 Å². The van der Waals surface area contributed by atoms with Gasteiger partial charge in [0.05, 0.1) is 0 Å². The molecule has 2 rings (SSSR count). The van der Waals surface area contributed by atoms with Gasteiger partial charge < -0.3 is 5.73 Å². The van der Waals surface area contributed by atoms with E-state index < -0.39 is 0 Å². The van der Waals surface area contributed by atoms with E-state index in [1.807, 2.05) is 12.1 Å². The van der Waals surface area contributed by atoms with E-state index in [9.17, 15) is 0 Å². The van der Waals surface area contributed by atoms with Gasteiger partial charge in [-0.1, -0.05) is 27.5 Å². The minimum absolute atomic E-state index is 0. The quantitative estimate of drug-likeness (QED) is 0.913. The molecule has 0 aliphatic carbocycles. The summed E-state index contributed by atoms with van der Waals surface area (Å²) in [6.07, 6.45) is 2.45. The van der Waals surface area contributed by atoms with Crippen LogP contribution in [0.1, 0.15) is 18.4 Å². The maximum atomic E-state index is 6.19. The summed E-state index contributed by atoms with van der Waals surface area (Å²) < 4.78 is 1.08. The Hall–Kier alpha value is 0.200. The summed E-state index contributed by atoms with van der Waals surface area (Å²) in [7, 11) is 0. The van der Waals surface area contributed by atoms with Gasteiger partial charge in [0.2, 0.25) is 0 Å². The summed E-state index contributed by atoms with van der Waals surface area (Å²) in [5.74, 6) is 0. The van der Waals surface area contributed by atoms with E-state index >= 15 is 0 Å². The Labute approximate surface area is 122 Å². The van der Waals surface area contributed by atoms with Crippen molar-refractivity contribution in [1.29, 1.82) is 0 Å². The Kier molecular flexibility index (Phi) is 6.24. The van der Waals surface area contributed by atoms with Crippen LogP contribution in [0.5, 0.6) is 0 Å². The Balaban J connectivity index is 0.00000144. The molecule has 0 bridgehead atoms. The third-order valence-corrected chi connectivity index (χ3v) is 4.01. The topological polar surface area (TPSA) is 29.3 Å². The van der Waals surface area contributed by atoms with E-state index in [0.29, 0.717) is 6.04 Å². The lowest BCUT2D eigenvalue weighted by Gasteiger charge is -2.23. The van der Waals surface area contributed by atoms with E-state index in [2.05, 4.69) is 26.9 Å². The molecule has 2 N–H and O–H groups in total. The zero-order chi connectivity index (χ0) is 11.5. The second-order valence-corrected chi connectivity index (χ2v) is 5.56. The van der Waals surface area contributed by atoms with Gasteiger partial charge in [0, 0.05) is 28.6 Å². The summed E-state index contributed by atoms with van der Waals surface area (Å²) in [6, 6.07) is 6.52. The van der Waals surface area contributed by atoms with E-state index in [4.69, 9.17) is 17.3 Å². The molecule has 1 atom stereocenters. The highest BCUT2D eigenvalue weighted by molar-refractivity contribution is 9.10. The van der Waals surface area contributed by atoms with E-state index in [-0.39, 0.29) is 12.4 Å². The Morgan fingerprint density at radius 3 is 2.94 bits per heavy atom. The maximum Gasteiger partial charge on any atom is 0.0451 e. The third-order valence-electron chi connectivity index (χ3n) is 3.15. The molecule has 2 nitrogen and oxygen atoms in total. The molecular formula is C12H17BrCl2N2. The molecule has 0 aromatic heterocycles. The highest BCUT2D eigenvalue weighted by atomic mass is 79.9.